The fourth-order valence-electron chi connectivity index (χ4n) is 6.01. The van der Waals surface area contributed by atoms with Crippen LogP contribution >= 0.6 is 7.26 Å². The summed E-state index contributed by atoms with van der Waals surface area (Å²) in [5.74, 6) is 0. The predicted molar refractivity (Wildman–Crippen MR) is 144 cm³/mol. The molecule has 164 valence electrons. The van der Waals surface area contributed by atoms with Gasteiger partial charge in [-0.25, -0.2) is 0 Å². The van der Waals surface area contributed by atoms with Crippen molar-refractivity contribution in [3.8, 4) is 0 Å². The van der Waals surface area contributed by atoms with E-state index in [-0.39, 0.29) is 0 Å². The van der Waals surface area contributed by atoms with Gasteiger partial charge >= 0.3 is 0 Å². The first-order valence-corrected chi connectivity index (χ1v) is 14.3. The van der Waals surface area contributed by atoms with Crippen LogP contribution in [0.5, 0.6) is 0 Å². The Bertz CT molecular complexity index is 1110. The molecule has 0 N–H and O–H groups in total. The molecule has 0 bridgehead atoms. The maximum atomic E-state index is 2.65. The molecule has 0 aliphatic carbocycles. The lowest BCUT2D eigenvalue weighted by Crippen LogP contribution is -2.35. The predicted octanol–water partition coefficient (Wildman–Crippen LogP) is 5.88. The van der Waals surface area contributed by atoms with Crippen LogP contribution in [-0.2, 0) is 19.0 Å². The average Bonchev–Trinajstić information content (AvgIpc) is 2.89. The van der Waals surface area contributed by atoms with E-state index >= 15 is 0 Å². The van der Waals surface area contributed by atoms with Crippen molar-refractivity contribution in [2.45, 2.75) is 31.8 Å². The van der Waals surface area contributed by atoms with Gasteiger partial charge in [0.15, 0.2) is 0 Å². The standard InChI is InChI=1S/C31H31NP/c1-4-14-28(15-5-1)33(29-16-6-2-7-17-29,30-18-8-3-9-19-30)24-25-22-26-12-10-20-32-21-11-13-27(23-25)31(26)32/h1-9,14-19,22-23H,10-13,20-21,24H2/q+1. The summed E-state index contributed by atoms with van der Waals surface area (Å²) in [5, 5.41) is 4.40. The molecule has 0 unspecified atom stereocenters. The maximum absolute atomic E-state index is 2.65. The molecule has 2 heterocycles. The number of hydrogen-bond donors (Lipinski definition) is 0. The minimum atomic E-state index is -1.85. The van der Waals surface area contributed by atoms with Crippen molar-refractivity contribution in [2.24, 2.45) is 0 Å². The number of nitrogens with zero attached hydrogens (tertiary/aromatic N) is 1. The van der Waals surface area contributed by atoms with Crippen molar-refractivity contribution < 1.29 is 0 Å². The van der Waals surface area contributed by atoms with E-state index in [9.17, 15) is 0 Å². The largest absolute Gasteiger partial charge is 0.371 e. The van der Waals surface area contributed by atoms with Crippen molar-refractivity contribution in [3.63, 3.8) is 0 Å². The fraction of sp³-hybridized carbons (Fsp3) is 0.226. The van der Waals surface area contributed by atoms with Crippen LogP contribution in [0.4, 0.5) is 5.69 Å². The molecule has 2 aliphatic heterocycles. The molecule has 2 aliphatic rings. The van der Waals surface area contributed by atoms with Gasteiger partial charge in [0.05, 0.1) is 6.16 Å². The molecule has 2 heteroatoms. The van der Waals surface area contributed by atoms with Crippen LogP contribution < -0.4 is 20.8 Å². The highest BCUT2D eigenvalue weighted by atomic mass is 31.2. The van der Waals surface area contributed by atoms with Gasteiger partial charge in [-0.2, -0.15) is 0 Å². The van der Waals surface area contributed by atoms with Gasteiger partial charge in [0.2, 0.25) is 0 Å². The fourth-order valence-corrected chi connectivity index (χ4v) is 10.2. The molecule has 4 aromatic rings. The summed E-state index contributed by atoms with van der Waals surface area (Å²) in [6.07, 6.45) is 6.09. The normalized spacial score (nSPS) is 15.2. The summed E-state index contributed by atoms with van der Waals surface area (Å²) in [6.45, 7) is 2.46. The van der Waals surface area contributed by atoms with E-state index in [0.29, 0.717) is 0 Å². The molecular weight excluding hydrogens is 417 g/mol. The van der Waals surface area contributed by atoms with E-state index in [0.717, 1.165) is 6.16 Å². The molecule has 4 aromatic carbocycles. The van der Waals surface area contributed by atoms with E-state index < -0.39 is 7.26 Å². The van der Waals surface area contributed by atoms with Crippen molar-refractivity contribution in [2.75, 3.05) is 18.0 Å². The van der Waals surface area contributed by atoms with E-state index in [1.165, 1.54) is 60.2 Å². The van der Waals surface area contributed by atoms with Gasteiger partial charge in [0.1, 0.15) is 23.2 Å². The van der Waals surface area contributed by atoms with Gasteiger partial charge in [-0.05, 0) is 78.8 Å². The van der Waals surface area contributed by atoms with Crippen LogP contribution in [0, 0.1) is 0 Å². The zero-order chi connectivity index (χ0) is 22.1. The summed E-state index contributed by atoms with van der Waals surface area (Å²) in [7, 11) is -1.85. The highest BCUT2D eigenvalue weighted by molar-refractivity contribution is 7.95. The lowest BCUT2D eigenvalue weighted by atomic mass is 9.90. The highest BCUT2D eigenvalue weighted by Gasteiger charge is 2.45. The molecule has 0 saturated heterocycles. The molecule has 6 rings (SSSR count). The molecule has 0 saturated carbocycles. The molecule has 33 heavy (non-hydrogen) atoms. The Kier molecular flexibility index (Phi) is 5.52. The first-order chi connectivity index (χ1) is 16.3. The third-order valence-corrected chi connectivity index (χ3v) is 11.8. The third kappa shape index (κ3) is 3.69. The number of aryl methyl sites for hydroxylation is 2. The van der Waals surface area contributed by atoms with E-state index in [1.807, 2.05) is 0 Å². The van der Waals surface area contributed by atoms with Gasteiger partial charge in [-0.3, -0.25) is 0 Å². The number of hydrogen-bond acceptors (Lipinski definition) is 1. The highest BCUT2D eigenvalue weighted by Crippen LogP contribution is 2.58. The average molecular weight is 449 g/mol. The van der Waals surface area contributed by atoms with Gasteiger partial charge in [-0.15, -0.1) is 0 Å². The van der Waals surface area contributed by atoms with Crippen molar-refractivity contribution in [1.29, 1.82) is 0 Å². The Labute approximate surface area is 198 Å². The van der Waals surface area contributed by atoms with Crippen LogP contribution in [0.3, 0.4) is 0 Å². The minimum absolute atomic E-state index is 1.07. The van der Waals surface area contributed by atoms with Gasteiger partial charge in [0.25, 0.3) is 0 Å². The Morgan fingerprint density at radius 3 is 1.42 bits per heavy atom. The van der Waals surface area contributed by atoms with Crippen molar-refractivity contribution >= 4 is 28.9 Å². The Morgan fingerprint density at radius 2 is 1.00 bits per heavy atom. The summed E-state index contributed by atoms with van der Waals surface area (Å²) in [6, 6.07) is 39.0. The maximum Gasteiger partial charge on any atom is 0.116 e. The SMILES string of the molecule is c1ccc([P+](Cc2cc3c4c(c2)CCCN4CCC3)(c2ccccc2)c2ccccc2)cc1. The van der Waals surface area contributed by atoms with Crippen LogP contribution in [-0.4, -0.2) is 13.1 Å². The van der Waals surface area contributed by atoms with Crippen LogP contribution in [0.2, 0.25) is 0 Å². The molecule has 0 amide bonds. The smallest absolute Gasteiger partial charge is 0.116 e. The molecular formula is C31H31NP+. The van der Waals surface area contributed by atoms with Crippen LogP contribution in [0.15, 0.2) is 103 Å². The van der Waals surface area contributed by atoms with E-state index in [4.69, 9.17) is 0 Å². The second-order valence-electron chi connectivity index (χ2n) is 9.43. The molecule has 0 radical (unpaired) electrons. The summed E-state index contributed by atoms with van der Waals surface area (Å²) in [4.78, 5) is 2.65. The zero-order valence-corrected chi connectivity index (χ0v) is 20.1. The minimum Gasteiger partial charge on any atom is -0.371 e. The van der Waals surface area contributed by atoms with Crippen LogP contribution in [0.1, 0.15) is 29.5 Å². The molecule has 1 nitrogen and oxygen atoms in total. The van der Waals surface area contributed by atoms with Gasteiger partial charge < -0.3 is 4.90 Å². The molecule has 0 atom stereocenters. The lowest BCUT2D eigenvalue weighted by Gasteiger charge is -2.37. The zero-order valence-electron chi connectivity index (χ0n) is 19.2. The van der Waals surface area contributed by atoms with Crippen molar-refractivity contribution in [3.05, 3.63) is 120 Å². The Morgan fingerprint density at radius 1 is 0.576 bits per heavy atom. The summed E-state index contributed by atoms with van der Waals surface area (Å²) < 4.78 is 0. The number of rotatable bonds is 5. The topological polar surface area (TPSA) is 3.24 Å². The van der Waals surface area contributed by atoms with Crippen LogP contribution in [0.25, 0.3) is 0 Å². The quantitative estimate of drug-likeness (QED) is 0.345. The second kappa shape index (κ2) is 8.81. The number of benzene rings is 4. The summed E-state index contributed by atoms with van der Waals surface area (Å²) in [5.41, 5.74) is 6.25. The molecule has 0 aromatic heterocycles. The first kappa shape index (κ1) is 20.7. The van der Waals surface area contributed by atoms with E-state index in [1.54, 1.807) is 16.8 Å². The van der Waals surface area contributed by atoms with E-state index in [2.05, 4.69) is 108 Å². The Hall–Kier alpha value is -2.89. The number of anilines is 1. The summed E-state index contributed by atoms with van der Waals surface area (Å²) >= 11 is 0. The molecule has 0 spiro atoms. The molecule has 0 fully saturated rings. The van der Waals surface area contributed by atoms with Gasteiger partial charge in [-0.1, -0.05) is 66.7 Å². The second-order valence-corrected chi connectivity index (χ2v) is 12.9. The monoisotopic (exact) mass is 448 g/mol. The van der Waals surface area contributed by atoms with Gasteiger partial charge in [0, 0.05) is 18.8 Å². The van der Waals surface area contributed by atoms with Crippen molar-refractivity contribution in [1.82, 2.24) is 0 Å². The first-order valence-electron chi connectivity index (χ1n) is 12.3. The lowest BCUT2D eigenvalue weighted by molar-refractivity contribution is 0.633. The third-order valence-electron chi connectivity index (χ3n) is 7.40. The Balaban J connectivity index is 1.57.